The highest BCUT2D eigenvalue weighted by molar-refractivity contribution is 5.87. The van der Waals surface area contributed by atoms with Gasteiger partial charge in [-0.25, -0.2) is 0 Å². The molecule has 1 aliphatic heterocycles. The molecule has 7 heteroatoms. The molecule has 0 radical (unpaired) electrons. The summed E-state index contributed by atoms with van der Waals surface area (Å²) in [7, 11) is 1.62. The van der Waals surface area contributed by atoms with E-state index in [0.717, 1.165) is 45.8 Å². The maximum Gasteiger partial charge on any atom is 0.416 e. The van der Waals surface area contributed by atoms with Gasteiger partial charge in [0.05, 0.1) is 12.7 Å². The minimum absolute atomic E-state index is 0.142. The minimum Gasteiger partial charge on any atom is -0.497 e. The van der Waals surface area contributed by atoms with Crippen molar-refractivity contribution in [3.63, 3.8) is 0 Å². The van der Waals surface area contributed by atoms with E-state index in [2.05, 4.69) is 11.9 Å². The van der Waals surface area contributed by atoms with Gasteiger partial charge in [0.15, 0.2) is 0 Å². The molecule has 0 saturated heterocycles. The van der Waals surface area contributed by atoms with Gasteiger partial charge >= 0.3 is 6.18 Å². The second kappa shape index (κ2) is 9.63. The van der Waals surface area contributed by atoms with E-state index in [-0.39, 0.29) is 5.91 Å². The zero-order valence-corrected chi connectivity index (χ0v) is 18.8. The van der Waals surface area contributed by atoms with E-state index in [0.29, 0.717) is 31.6 Å². The fourth-order valence-corrected chi connectivity index (χ4v) is 4.17. The lowest BCUT2D eigenvalue weighted by molar-refractivity contribution is -0.137. The summed E-state index contributed by atoms with van der Waals surface area (Å²) in [6.45, 7) is 5.12. The van der Waals surface area contributed by atoms with Crippen molar-refractivity contribution in [2.75, 3.05) is 19.0 Å². The quantitative estimate of drug-likeness (QED) is 0.449. The van der Waals surface area contributed by atoms with E-state index in [4.69, 9.17) is 4.74 Å². The zero-order chi connectivity index (χ0) is 24.3. The molecule has 0 aromatic heterocycles. The number of nitrogens with one attached hydrogen (secondary N) is 1. The van der Waals surface area contributed by atoms with Crippen LogP contribution in [0.5, 0.6) is 5.75 Å². The Hall–Kier alpha value is -3.74. The summed E-state index contributed by atoms with van der Waals surface area (Å²) < 4.78 is 44.3. The second-order valence-electron chi connectivity index (χ2n) is 8.16. The van der Waals surface area contributed by atoms with Gasteiger partial charge in [0, 0.05) is 25.3 Å². The lowest BCUT2D eigenvalue weighted by atomic mass is 9.92. The van der Waals surface area contributed by atoms with E-state index in [1.54, 1.807) is 12.0 Å². The van der Waals surface area contributed by atoms with Gasteiger partial charge in [0.2, 0.25) is 5.91 Å². The highest BCUT2D eigenvalue weighted by Gasteiger charge is 2.30. The van der Waals surface area contributed by atoms with E-state index >= 15 is 0 Å². The zero-order valence-electron chi connectivity index (χ0n) is 18.8. The number of alkyl halides is 3. The van der Waals surface area contributed by atoms with Crippen LogP contribution < -0.4 is 10.1 Å². The van der Waals surface area contributed by atoms with Crippen LogP contribution in [0.2, 0.25) is 0 Å². The molecule has 0 unspecified atom stereocenters. The molecule has 0 atom stereocenters. The molecule has 1 amide bonds. The number of hydrogen-bond donors (Lipinski definition) is 1. The summed E-state index contributed by atoms with van der Waals surface area (Å²) in [6, 6.07) is 16.8. The molecule has 4 rings (SSSR count). The number of ether oxygens (including phenoxy) is 1. The van der Waals surface area contributed by atoms with E-state index in [9.17, 15) is 18.0 Å². The normalized spacial score (nSPS) is 13.2. The maximum atomic E-state index is 13.0. The van der Waals surface area contributed by atoms with Crippen molar-refractivity contribution in [2.45, 2.75) is 25.7 Å². The van der Waals surface area contributed by atoms with E-state index < -0.39 is 11.7 Å². The average Bonchev–Trinajstić information content (AvgIpc) is 2.85. The van der Waals surface area contributed by atoms with Crippen molar-refractivity contribution in [3.8, 4) is 16.9 Å². The van der Waals surface area contributed by atoms with Gasteiger partial charge in [0.25, 0.3) is 0 Å². The number of fused-ring (bicyclic) bond motifs is 1. The van der Waals surface area contributed by atoms with Gasteiger partial charge in [-0.1, -0.05) is 30.8 Å². The molecule has 1 heterocycles. The highest BCUT2D eigenvalue weighted by atomic mass is 19.4. The molecule has 34 heavy (non-hydrogen) atoms. The Morgan fingerprint density at radius 2 is 1.88 bits per heavy atom. The topological polar surface area (TPSA) is 41.6 Å². The molecular weight excluding hydrogens is 441 g/mol. The van der Waals surface area contributed by atoms with Crippen LogP contribution in [0.1, 0.15) is 22.3 Å². The predicted molar refractivity (Wildman–Crippen MR) is 127 cm³/mol. The van der Waals surface area contributed by atoms with Gasteiger partial charge in [-0.2, -0.15) is 13.2 Å². The number of benzene rings is 3. The number of amides is 1. The molecule has 1 N–H and O–H groups in total. The minimum atomic E-state index is -4.39. The summed E-state index contributed by atoms with van der Waals surface area (Å²) in [4.78, 5) is 13.9. The summed E-state index contributed by atoms with van der Waals surface area (Å²) in [6.07, 6.45) is -2.42. The first-order valence-electron chi connectivity index (χ1n) is 10.9. The molecule has 1 aliphatic rings. The van der Waals surface area contributed by atoms with Gasteiger partial charge in [-0.3, -0.25) is 4.79 Å². The molecule has 0 spiro atoms. The third-order valence-corrected chi connectivity index (χ3v) is 5.98. The standard InChI is InChI=1S/C27H25F3N2O2/c1-3-26(33)32-12-11-24-21(17-32)14-20(19-7-9-22(10-8-19)27(28,29)30)15-25(24)31-16-18-5-4-6-23(13-18)34-2/h3-10,13-15,31H,1,11-12,16-17H2,2H3. The van der Waals surface area contributed by atoms with Crippen LogP contribution in [0.3, 0.4) is 0 Å². The third kappa shape index (κ3) is 5.09. The Morgan fingerprint density at radius 3 is 2.56 bits per heavy atom. The number of methoxy groups -OCH3 is 1. The Labute approximate surface area is 196 Å². The SMILES string of the molecule is C=CC(=O)N1CCc2c(cc(-c3ccc(C(F)(F)F)cc3)cc2NCc2cccc(OC)c2)C1. The number of rotatable bonds is 6. The highest BCUT2D eigenvalue weighted by Crippen LogP contribution is 2.35. The molecule has 3 aromatic rings. The van der Waals surface area contributed by atoms with E-state index in [1.807, 2.05) is 36.4 Å². The molecule has 0 aliphatic carbocycles. The largest absolute Gasteiger partial charge is 0.497 e. The average molecular weight is 467 g/mol. The Balaban J connectivity index is 1.69. The Kier molecular flexibility index (Phi) is 6.63. The number of halogens is 3. The van der Waals surface area contributed by atoms with Crippen molar-refractivity contribution >= 4 is 11.6 Å². The first kappa shape index (κ1) is 23.4. The van der Waals surface area contributed by atoms with Crippen LogP contribution in [0, 0.1) is 0 Å². The van der Waals surface area contributed by atoms with Crippen LogP contribution in [0.15, 0.2) is 73.3 Å². The molecule has 4 nitrogen and oxygen atoms in total. The number of carbonyl (C=O) groups is 1. The van der Waals surface area contributed by atoms with Crippen molar-refractivity contribution < 1.29 is 22.7 Å². The van der Waals surface area contributed by atoms with Crippen LogP contribution in [0.25, 0.3) is 11.1 Å². The summed E-state index contributed by atoms with van der Waals surface area (Å²) in [5.41, 5.74) is 4.78. The predicted octanol–water partition coefficient (Wildman–Crippen LogP) is 6.06. The van der Waals surface area contributed by atoms with Gasteiger partial charge in [0.1, 0.15) is 5.75 Å². The number of nitrogens with zero attached hydrogens (tertiary/aromatic N) is 1. The first-order valence-corrected chi connectivity index (χ1v) is 10.9. The maximum absolute atomic E-state index is 13.0. The van der Waals surface area contributed by atoms with Crippen LogP contribution in [-0.2, 0) is 30.5 Å². The number of carbonyl (C=O) groups excluding carboxylic acids is 1. The van der Waals surface area contributed by atoms with E-state index in [1.165, 1.54) is 18.2 Å². The third-order valence-electron chi connectivity index (χ3n) is 5.98. The van der Waals surface area contributed by atoms with Crippen molar-refractivity contribution in [1.82, 2.24) is 4.90 Å². The monoisotopic (exact) mass is 466 g/mol. The van der Waals surface area contributed by atoms with Gasteiger partial charge in [-0.15, -0.1) is 0 Å². The van der Waals surface area contributed by atoms with Gasteiger partial charge in [-0.05, 0) is 76.7 Å². The summed E-state index contributed by atoms with van der Waals surface area (Å²) in [5, 5.41) is 3.49. The molecule has 0 bridgehead atoms. The smallest absolute Gasteiger partial charge is 0.416 e. The van der Waals surface area contributed by atoms with Crippen molar-refractivity contribution in [3.05, 3.63) is 95.6 Å². The molecule has 3 aromatic carbocycles. The van der Waals surface area contributed by atoms with Gasteiger partial charge < -0.3 is 15.0 Å². The lowest BCUT2D eigenvalue weighted by Gasteiger charge is -2.30. The molecule has 176 valence electrons. The lowest BCUT2D eigenvalue weighted by Crippen LogP contribution is -2.35. The van der Waals surface area contributed by atoms with Crippen LogP contribution >= 0.6 is 0 Å². The molecular formula is C27H25F3N2O2. The number of anilines is 1. The Bertz CT molecular complexity index is 1200. The Morgan fingerprint density at radius 1 is 1.12 bits per heavy atom. The summed E-state index contributed by atoms with van der Waals surface area (Å²) >= 11 is 0. The van der Waals surface area contributed by atoms with Crippen LogP contribution in [-0.4, -0.2) is 24.5 Å². The van der Waals surface area contributed by atoms with Crippen LogP contribution in [0.4, 0.5) is 18.9 Å². The molecule has 0 fully saturated rings. The van der Waals surface area contributed by atoms with Crippen molar-refractivity contribution in [1.29, 1.82) is 0 Å². The fourth-order valence-electron chi connectivity index (χ4n) is 4.17. The van der Waals surface area contributed by atoms with Crippen molar-refractivity contribution in [2.24, 2.45) is 0 Å². The fraction of sp³-hybridized carbons (Fsp3) is 0.222. The molecule has 0 saturated carbocycles. The second-order valence-corrected chi connectivity index (χ2v) is 8.16. The number of hydrogen-bond acceptors (Lipinski definition) is 3. The summed E-state index contributed by atoms with van der Waals surface area (Å²) in [5.74, 6) is 0.620. The first-order chi connectivity index (χ1) is 16.3.